The molecule has 1 aromatic carbocycles. The maximum Gasteiger partial charge on any atom is 0.254 e. The van der Waals surface area contributed by atoms with Gasteiger partial charge in [0.15, 0.2) is 6.29 Å². The summed E-state index contributed by atoms with van der Waals surface area (Å²) >= 11 is 0. The van der Waals surface area contributed by atoms with Crippen LogP contribution >= 0.6 is 0 Å². The molecule has 1 heterocycles. The highest BCUT2D eigenvalue weighted by molar-refractivity contribution is 5.95. The number of ether oxygens (including phenoxy) is 1. The molecule has 1 aromatic rings. The Bertz CT molecular complexity index is 397. The Hall–Kier alpha value is -1.68. The summed E-state index contributed by atoms with van der Waals surface area (Å²) < 4.78 is 5.17. The second kappa shape index (κ2) is 4.90. The number of amides is 1. The van der Waals surface area contributed by atoms with Gasteiger partial charge in [-0.2, -0.15) is 0 Å². The number of carbonyl (C=O) groups is 2. The molecule has 1 aliphatic heterocycles. The number of benzene rings is 1. The molecular formula is C12H12NO3. The maximum absolute atomic E-state index is 12.0. The van der Waals surface area contributed by atoms with Gasteiger partial charge in [-0.3, -0.25) is 9.59 Å². The number of aldehydes is 1. The standard InChI is InChI=1S/C12H12NO3/c14-9-10-2-1-3-11(8-10)12(15)13-4-6-16-7-5-13/h1,3,8-9H,4-7H2. The van der Waals surface area contributed by atoms with Gasteiger partial charge in [0.1, 0.15) is 0 Å². The third kappa shape index (κ3) is 2.28. The highest BCUT2D eigenvalue weighted by Gasteiger charge is 2.18. The predicted molar refractivity (Wildman–Crippen MR) is 57.4 cm³/mol. The van der Waals surface area contributed by atoms with E-state index in [9.17, 15) is 9.59 Å². The zero-order chi connectivity index (χ0) is 11.4. The molecule has 0 bridgehead atoms. The molecule has 0 N–H and O–H groups in total. The normalized spacial score (nSPS) is 15.9. The average molecular weight is 218 g/mol. The monoisotopic (exact) mass is 218 g/mol. The van der Waals surface area contributed by atoms with Crippen molar-refractivity contribution in [1.82, 2.24) is 4.90 Å². The molecule has 1 fully saturated rings. The number of hydrogen-bond acceptors (Lipinski definition) is 3. The molecule has 2 rings (SSSR count). The molecular weight excluding hydrogens is 206 g/mol. The summed E-state index contributed by atoms with van der Waals surface area (Å²) in [4.78, 5) is 24.3. The van der Waals surface area contributed by atoms with E-state index >= 15 is 0 Å². The first-order valence-electron chi connectivity index (χ1n) is 5.15. The Morgan fingerprint density at radius 1 is 1.44 bits per heavy atom. The Kier molecular flexibility index (Phi) is 3.31. The van der Waals surface area contributed by atoms with E-state index in [1.165, 1.54) is 0 Å². The fraction of sp³-hybridized carbons (Fsp3) is 0.333. The van der Waals surface area contributed by atoms with Gasteiger partial charge in [-0.15, -0.1) is 0 Å². The van der Waals surface area contributed by atoms with Crippen LogP contribution in [-0.2, 0) is 4.74 Å². The minimum atomic E-state index is -0.0552. The Labute approximate surface area is 93.8 Å². The van der Waals surface area contributed by atoms with Crippen LogP contribution in [0.4, 0.5) is 0 Å². The van der Waals surface area contributed by atoms with Gasteiger partial charge in [-0.05, 0) is 18.2 Å². The lowest BCUT2D eigenvalue weighted by Gasteiger charge is -2.26. The van der Waals surface area contributed by atoms with Gasteiger partial charge in [0.25, 0.3) is 5.91 Å². The molecule has 0 saturated carbocycles. The Balaban J connectivity index is 2.15. The van der Waals surface area contributed by atoms with Crippen molar-refractivity contribution in [3.8, 4) is 0 Å². The average Bonchev–Trinajstić information content (AvgIpc) is 2.39. The zero-order valence-corrected chi connectivity index (χ0v) is 8.81. The Morgan fingerprint density at radius 3 is 2.88 bits per heavy atom. The van der Waals surface area contributed by atoms with Crippen LogP contribution in [0.25, 0.3) is 0 Å². The fourth-order valence-corrected chi connectivity index (χ4v) is 1.64. The number of rotatable bonds is 2. The first-order valence-corrected chi connectivity index (χ1v) is 5.15. The quantitative estimate of drug-likeness (QED) is 0.689. The molecule has 0 atom stereocenters. The summed E-state index contributed by atoms with van der Waals surface area (Å²) in [7, 11) is 0. The van der Waals surface area contributed by atoms with Crippen molar-refractivity contribution in [2.24, 2.45) is 0 Å². The highest BCUT2D eigenvalue weighted by atomic mass is 16.5. The van der Waals surface area contributed by atoms with E-state index in [4.69, 9.17) is 4.74 Å². The van der Waals surface area contributed by atoms with Crippen molar-refractivity contribution in [3.05, 3.63) is 35.4 Å². The second-order valence-corrected chi connectivity index (χ2v) is 3.56. The van der Waals surface area contributed by atoms with Crippen molar-refractivity contribution < 1.29 is 14.3 Å². The van der Waals surface area contributed by atoms with Crippen molar-refractivity contribution in [2.75, 3.05) is 26.3 Å². The van der Waals surface area contributed by atoms with Gasteiger partial charge in [0.2, 0.25) is 0 Å². The van der Waals surface area contributed by atoms with E-state index in [1.54, 1.807) is 23.1 Å². The minimum Gasteiger partial charge on any atom is -0.378 e. The van der Waals surface area contributed by atoms with Gasteiger partial charge < -0.3 is 9.64 Å². The van der Waals surface area contributed by atoms with Crippen molar-refractivity contribution in [2.45, 2.75) is 0 Å². The molecule has 0 unspecified atom stereocenters. The molecule has 1 saturated heterocycles. The second-order valence-electron chi connectivity index (χ2n) is 3.56. The molecule has 0 spiro atoms. The smallest absolute Gasteiger partial charge is 0.254 e. The minimum absolute atomic E-state index is 0.0552. The molecule has 1 amide bonds. The van der Waals surface area contributed by atoms with Crippen molar-refractivity contribution in [1.29, 1.82) is 0 Å². The number of carbonyl (C=O) groups excluding carboxylic acids is 2. The van der Waals surface area contributed by atoms with E-state index in [-0.39, 0.29) is 5.91 Å². The molecule has 16 heavy (non-hydrogen) atoms. The first kappa shape index (κ1) is 10.8. The lowest BCUT2D eigenvalue weighted by molar-refractivity contribution is 0.0303. The number of nitrogens with zero attached hydrogens (tertiary/aromatic N) is 1. The van der Waals surface area contributed by atoms with Crippen LogP contribution in [0.1, 0.15) is 20.7 Å². The van der Waals surface area contributed by atoms with E-state index in [0.717, 1.165) is 0 Å². The molecule has 1 aliphatic rings. The number of hydrogen-bond donors (Lipinski definition) is 0. The van der Waals surface area contributed by atoms with E-state index in [2.05, 4.69) is 6.07 Å². The van der Waals surface area contributed by atoms with Crippen LogP contribution in [-0.4, -0.2) is 43.4 Å². The molecule has 83 valence electrons. The molecule has 1 radical (unpaired) electrons. The zero-order valence-electron chi connectivity index (χ0n) is 8.81. The lowest BCUT2D eigenvalue weighted by atomic mass is 10.1. The van der Waals surface area contributed by atoms with Gasteiger partial charge >= 0.3 is 0 Å². The fourth-order valence-electron chi connectivity index (χ4n) is 1.64. The van der Waals surface area contributed by atoms with E-state index in [0.29, 0.717) is 43.7 Å². The van der Waals surface area contributed by atoms with E-state index in [1.807, 2.05) is 0 Å². The third-order valence-electron chi connectivity index (χ3n) is 2.50. The van der Waals surface area contributed by atoms with Crippen LogP contribution in [0.15, 0.2) is 18.2 Å². The third-order valence-corrected chi connectivity index (χ3v) is 2.50. The summed E-state index contributed by atoms with van der Waals surface area (Å²) in [6.07, 6.45) is 0.691. The predicted octanol–water partition coefficient (Wildman–Crippen LogP) is 0.772. The van der Waals surface area contributed by atoms with E-state index < -0.39 is 0 Å². The summed E-state index contributed by atoms with van der Waals surface area (Å²) in [6, 6.07) is 7.58. The lowest BCUT2D eigenvalue weighted by Crippen LogP contribution is -2.40. The largest absolute Gasteiger partial charge is 0.378 e. The van der Waals surface area contributed by atoms with Crippen molar-refractivity contribution >= 4 is 12.2 Å². The summed E-state index contributed by atoms with van der Waals surface area (Å²) in [6.45, 7) is 2.36. The SMILES string of the molecule is O=Cc1[c]ccc(C(=O)N2CCOCC2)c1. The van der Waals surface area contributed by atoms with Crippen LogP contribution in [0.2, 0.25) is 0 Å². The van der Waals surface area contributed by atoms with Crippen LogP contribution < -0.4 is 0 Å². The molecule has 4 heteroatoms. The van der Waals surface area contributed by atoms with Gasteiger partial charge in [-0.1, -0.05) is 6.07 Å². The summed E-state index contributed by atoms with van der Waals surface area (Å²) in [5.74, 6) is -0.0552. The molecule has 0 aromatic heterocycles. The van der Waals surface area contributed by atoms with Crippen LogP contribution in [0, 0.1) is 6.07 Å². The maximum atomic E-state index is 12.0. The first-order chi connectivity index (χ1) is 7.81. The van der Waals surface area contributed by atoms with Crippen LogP contribution in [0.3, 0.4) is 0 Å². The molecule has 0 aliphatic carbocycles. The van der Waals surface area contributed by atoms with Crippen LogP contribution in [0.5, 0.6) is 0 Å². The summed E-state index contributed by atoms with van der Waals surface area (Å²) in [5.41, 5.74) is 0.932. The Morgan fingerprint density at radius 2 is 2.19 bits per heavy atom. The van der Waals surface area contributed by atoms with Crippen molar-refractivity contribution in [3.63, 3.8) is 0 Å². The van der Waals surface area contributed by atoms with Gasteiger partial charge in [0, 0.05) is 24.2 Å². The van der Waals surface area contributed by atoms with Gasteiger partial charge in [-0.25, -0.2) is 0 Å². The van der Waals surface area contributed by atoms with Gasteiger partial charge in [0.05, 0.1) is 13.2 Å². The molecule has 4 nitrogen and oxygen atoms in total. The number of morpholine rings is 1. The highest BCUT2D eigenvalue weighted by Crippen LogP contribution is 2.08. The summed E-state index contributed by atoms with van der Waals surface area (Å²) in [5, 5.41) is 0. The topological polar surface area (TPSA) is 46.6 Å².